The number of nitrogens with one attached hydrogen (secondary N) is 1. The predicted molar refractivity (Wildman–Crippen MR) is 90.0 cm³/mol. The molecule has 7 nitrogen and oxygen atoms in total. The molecule has 1 N–H and O–H groups in total. The Hall–Kier alpha value is -1.99. The molecule has 0 spiro atoms. The Morgan fingerprint density at radius 3 is 2.79 bits per heavy atom. The molecule has 8 heteroatoms. The molecule has 0 bridgehead atoms. The number of piperidine rings is 1. The van der Waals surface area contributed by atoms with Gasteiger partial charge in [0.15, 0.2) is 0 Å². The highest BCUT2D eigenvalue weighted by Crippen LogP contribution is 2.61. The fourth-order valence-electron chi connectivity index (χ4n) is 3.77. The molecule has 126 valence electrons. The van der Waals surface area contributed by atoms with Gasteiger partial charge in [-0.15, -0.1) is 5.10 Å². The van der Waals surface area contributed by atoms with E-state index in [1.54, 1.807) is 18.2 Å². The summed E-state index contributed by atoms with van der Waals surface area (Å²) in [6.45, 7) is 7.02. The van der Waals surface area contributed by atoms with Crippen LogP contribution in [0.3, 0.4) is 0 Å². The van der Waals surface area contributed by atoms with Crippen LogP contribution in [0.25, 0.3) is 5.69 Å². The van der Waals surface area contributed by atoms with Crippen LogP contribution in [0.2, 0.25) is 5.02 Å². The third kappa shape index (κ3) is 2.67. The number of amides is 1. The molecule has 2 unspecified atom stereocenters. The van der Waals surface area contributed by atoms with E-state index in [0.29, 0.717) is 22.7 Å². The van der Waals surface area contributed by atoms with Crippen LogP contribution in [0.15, 0.2) is 24.5 Å². The van der Waals surface area contributed by atoms with E-state index in [-0.39, 0.29) is 5.91 Å². The molecule has 2 fully saturated rings. The maximum atomic E-state index is 12.3. The zero-order chi connectivity index (χ0) is 16.9. The highest BCUT2D eigenvalue weighted by molar-refractivity contribution is 6.33. The monoisotopic (exact) mass is 346 g/mol. The van der Waals surface area contributed by atoms with E-state index in [1.807, 2.05) is 0 Å². The Kier molecular flexibility index (Phi) is 3.58. The van der Waals surface area contributed by atoms with Gasteiger partial charge >= 0.3 is 0 Å². The van der Waals surface area contributed by atoms with Gasteiger partial charge in [0, 0.05) is 13.1 Å². The van der Waals surface area contributed by atoms with Gasteiger partial charge in [0.2, 0.25) is 5.91 Å². The number of aromatic nitrogens is 4. The minimum Gasteiger partial charge on any atom is -0.324 e. The number of hydrogen-bond acceptors (Lipinski definition) is 5. The minimum absolute atomic E-state index is 0.0510. The summed E-state index contributed by atoms with van der Waals surface area (Å²) in [4.78, 5) is 14.6. The van der Waals surface area contributed by atoms with Gasteiger partial charge in [-0.25, -0.2) is 4.68 Å². The molecule has 2 aliphatic rings. The molecule has 1 saturated heterocycles. The van der Waals surface area contributed by atoms with E-state index in [0.717, 1.165) is 30.6 Å². The van der Waals surface area contributed by atoms with Gasteiger partial charge in [0.25, 0.3) is 0 Å². The average molecular weight is 347 g/mol. The quantitative estimate of drug-likeness (QED) is 0.914. The number of carbonyl (C=O) groups is 1. The summed E-state index contributed by atoms with van der Waals surface area (Å²) >= 11 is 6.20. The number of anilines is 1. The summed E-state index contributed by atoms with van der Waals surface area (Å²) in [5, 5.41) is 14.4. The third-order valence-electron chi connectivity index (χ3n) is 5.40. The lowest BCUT2D eigenvalue weighted by molar-refractivity contribution is -0.117. The molecule has 1 saturated carbocycles. The lowest BCUT2D eigenvalue weighted by Gasteiger charge is -2.21. The van der Waals surface area contributed by atoms with Crippen LogP contribution in [0.4, 0.5) is 5.69 Å². The molecule has 1 aromatic carbocycles. The largest absolute Gasteiger partial charge is 0.324 e. The van der Waals surface area contributed by atoms with Crippen LogP contribution >= 0.6 is 11.6 Å². The van der Waals surface area contributed by atoms with Crippen molar-refractivity contribution in [1.82, 2.24) is 25.1 Å². The summed E-state index contributed by atoms with van der Waals surface area (Å²) in [6.07, 6.45) is 1.49. The second-order valence-corrected chi connectivity index (χ2v) is 7.60. The highest BCUT2D eigenvalue weighted by atomic mass is 35.5. The zero-order valence-corrected chi connectivity index (χ0v) is 14.4. The average Bonchev–Trinajstić information content (AvgIpc) is 3.03. The van der Waals surface area contributed by atoms with E-state index >= 15 is 0 Å². The number of halogens is 1. The van der Waals surface area contributed by atoms with E-state index in [9.17, 15) is 4.79 Å². The summed E-state index contributed by atoms with van der Waals surface area (Å²) in [5.41, 5.74) is 1.76. The van der Waals surface area contributed by atoms with Gasteiger partial charge in [0.1, 0.15) is 6.33 Å². The lowest BCUT2D eigenvalue weighted by atomic mass is 10.1. The number of nitrogens with zero attached hydrogens (tertiary/aromatic N) is 5. The van der Waals surface area contributed by atoms with Gasteiger partial charge in [-0.3, -0.25) is 9.69 Å². The van der Waals surface area contributed by atoms with Gasteiger partial charge in [-0.05, 0) is 45.9 Å². The first-order valence-electron chi connectivity index (χ1n) is 8.00. The topological polar surface area (TPSA) is 75.9 Å². The van der Waals surface area contributed by atoms with Crippen LogP contribution in [-0.4, -0.2) is 50.6 Å². The van der Waals surface area contributed by atoms with Crippen molar-refractivity contribution in [2.75, 3.05) is 25.0 Å². The summed E-state index contributed by atoms with van der Waals surface area (Å²) < 4.78 is 1.52. The number of hydrogen-bond donors (Lipinski definition) is 1. The fourth-order valence-corrected chi connectivity index (χ4v) is 3.93. The first kappa shape index (κ1) is 15.5. The number of rotatable bonds is 4. The minimum atomic E-state index is -0.0510. The van der Waals surface area contributed by atoms with Crippen molar-refractivity contribution in [2.24, 2.45) is 17.3 Å². The van der Waals surface area contributed by atoms with Crippen molar-refractivity contribution in [3.8, 4) is 5.69 Å². The number of benzene rings is 1. The van der Waals surface area contributed by atoms with E-state index in [1.165, 1.54) is 11.0 Å². The molecule has 1 aliphatic carbocycles. The van der Waals surface area contributed by atoms with Gasteiger partial charge in [-0.1, -0.05) is 25.4 Å². The summed E-state index contributed by atoms with van der Waals surface area (Å²) in [6, 6.07) is 5.29. The normalized spacial score (nSPS) is 24.6. The standard InChI is InChI=1S/C16H19ClN6O/c1-16(2)11-6-22(7-12(11)16)8-15(24)19-14-5-10(3-4-13(14)17)23-9-18-20-21-23/h3-5,9,11-12H,6-8H2,1-2H3,(H,19,24). The van der Waals surface area contributed by atoms with Crippen LogP contribution in [0.1, 0.15) is 13.8 Å². The Balaban J connectivity index is 1.40. The molecule has 2 heterocycles. The number of tetrazole rings is 1. The first-order valence-corrected chi connectivity index (χ1v) is 8.38. The lowest BCUT2D eigenvalue weighted by Crippen LogP contribution is -2.34. The van der Waals surface area contributed by atoms with Crippen molar-refractivity contribution in [2.45, 2.75) is 13.8 Å². The molecule has 4 rings (SSSR count). The smallest absolute Gasteiger partial charge is 0.238 e. The number of likely N-dealkylation sites (tertiary alicyclic amines) is 1. The Bertz CT molecular complexity index is 761. The van der Waals surface area contributed by atoms with Crippen molar-refractivity contribution >= 4 is 23.2 Å². The van der Waals surface area contributed by atoms with Crippen LogP contribution in [0, 0.1) is 17.3 Å². The molecular weight excluding hydrogens is 328 g/mol. The first-order chi connectivity index (χ1) is 11.4. The molecule has 2 atom stereocenters. The second kappa shape index (κ2) is 5.53. The number of fused-ring (bicyclic) bond motifs is 1. The fraction of sp³-hybridized carbons (Fsp3) is 0.500. The van der Waals surface area contributed by atoms with Gasteiger partial charge < -0.3 is 5.32 Å². The maximum absolute atomic E-state index is 12.3. The zero-order valence-electron chi connectivity index (χ0n) is 13.6. The van der Waals surface area contributed by atoms with Crippen LogP contribution in [-0.2, 0) is 4.79 Å². The molecule has 1 aromatic heterocycles. The molecule has 2 aromatic rings. The highest BCUT2D eigenvalue weighted by Gasteiger charge is 2.61. The SMILES string of the molecule is CC1(C)C2CN(CC(=O)Nc3cc(-n4cnnn4)ccc3Cl)CC21. The molecule has 24 heavy (non-hydrogen) atoms. The second-order valence-electron chi connectivity index (χ2n) is 7.20. The summed E-state index contributed by atoms with van der Waals surface area (Å²) in [7, 11) is 0. The van der Waals surface area contributed by atoms with Crippen molar-refractivity contribution in [1.29, 1.82) is 0 Å². The summed E-state index contributed by atoms with van der Waals surface area (Å²) in [5.74, 6) is 1.42. The molecule has 0 radical (unpaired) electrons. The maximum Gasteiger partial charge on any atom is 0.238 e. The van der Waals surface area contributed by atoms with Crippen molar-refractivity contribution in [3.05, 3.63) is 29.5 Å². The van der Waals surface area contributed by atoms with Crippen molar-refractivity contribution in [3.63, 3.8) is 0 Å². The Morgan fingerprint density at radius 2 is 2.12 bits per heavy atom. The number of carbonyl (C=O) groups excluding carboxylic acids is 1. The van der Waals surface area contributed by atoms with Crippen molar-refractivity contribution < 1.29 is 4.79 Å². The van der Waals surface area contributed by atoms with E-state index in [4.69, 9.17) is 11.6 Å². The van der Waals surface area contributed by atoms with E-state index in [2.05, 4.69) is 39.6 Å². The van der Waals surface area contributed by atoms with Crippen LogP contribution < -0.4 is 5.32 Å². The Labute approximate surface area is 145 Å². The van der Waals surface area contributed by atoms with E-state index < -0.39 is 0 Å². The molecule has 1 aliphatic heterocycles. The Morgan fingerprint density at radius 1 is 1.38 bits per heavy atom. The molecular formula is C16H19ClN6O. The molecule has 1 amide bonds. The predicted octanol–water partition coefficient (Wildman–Crippen LogP) is 1.84. The van der Waals surface area contributed by atoms with Gasteiger partial charge in [0.05, 0.1) is 22.9 Å². The third-order valence-corrected chi connectivity index (χ3v) is 5.73. The van der Waals surface area contributed by atoms with Crippen LogP contribution in [0.5, 0.6) is 0 Å². The van der Waals surface area contributed by atoms with Gasteiger partial charge in [-0.2, -0.15) is 0 Å².